The number of benzene rings is 1. The van der Waals surface area contributed by atoms with Crippen LogP contribution < -0.4 is 0 Å². The van der Waals surface area contributed by atoms with Gasteiger partial charge in [-0.3, -0.25) is 4.79 Å². The summed E-state index contributed by atoms with van der Waals surface area (Å²) in [5, 5.41) is 9.00. The summed E-state index contributed by atoms with van der Waals surface area (Å²) in [6.07, 6.45) is 9.10. The lowest BCUT2D eigenvalue weighted by Gasteiger charge is -2.07. The largest absolute Gasteiger partial charge is 0.478 e. The Morgan fingerprint density at radius 2 is 1.90 bits per heavy atom. The summed E-state index contributed by atoms with van der Waals surface area (Å²) in [6, 6.07) is 4.95. The van der Waals surface area contributed by atoms with Gasteiger partial charge in [0.2, 0.25) is 0 Å². The Balaban J connectivity index is 1.85. The zero-order valence-corrected chi connectivity index (χ0v) is 12.7. The molecule has 1 atom stereocenters. The Morgan fingerprint density at radius 1 is 1.19 bits per heavy atom. The summed E-state index contributed by atoms with van der Waals surface area (Å²) in [6.45, 7) is 2.21. The molecule has 0 saturated carbocycles. The Labute approximate surface area is 126 Å². The van der Waals surface area contributed by atoms with Gasteiger partial charge in [0.1, 0.15) is 0 Å². The molecule has 0 radical (unpaired) electrons. The van der Waals surface area contributed by atoms with E-state index >= 15 is 0 Å². The lowest BCUT2D eigenvalue weighted by Crippen LogP contribution is -2.09. The number of carbonyl (C=O) groups is 2. The number of carboxylic acid groups (broad SMARTS) is 1. The van der Waals surface area contributed by atoms with Crippen LogP contribution in [0.3, 0.4) is 0 Å². The normalized spacial score (nSPS) is 17.0. The third-order valence-electron chi connectivity index (χ3n) is 4.37. The van der Waals surface area contributed by atoms with Crippen LogP contribution in [0.15, 0.2) is 18.2 Å². The van der Waals surface area contributed by atoms with Crippen molar-refractivity contribution in [2.45, 2.75) is 58.3 Å². The molecule has 21 heavy (non-hydrogen) atoms. The number of carboxylic acids is 1. The predicted molar refractivity (Wildman–Crippen MR) is 82.9 cm³/mol. The number of Topliss-reactive ketones (excluding diaryl/α,β-unsaturated/α-hetero) is 1. The highest BCUT2D eigenvalue weighted by molar-refractivity contribution is 6.04. The van der Waals surface area contributed by atoms with Gasteiger partial charge in [0.25, 0.3) is 0 Å². The summed E-state index contributed by atoms with van der Waals surface area (Å²) in [7, 11) is 0. The summed E-state index contributed by atoms with van der Waals surface area (Å²) < 4.78 is 0. The van der Waals surface area contributed by atoms with Gasteiger partial charge in [0, 0.05) is 11.5 Å². The number of aromatic carboxylic acids is 1. The van der Waals surface area contributed by atoms with Crippen molar-refractivity contribution >= 4 is 11.8 Å². The lowest BCUT2D eigenvalue weighted by atomic mass is 9.97. The molecule has 114 valence electrons. The molecular weight excluding hydrogens is 264 g/mol. The van der Waals surface area contributed by atoms with Crippen molar-refractivity contribution in [2.75, 3.05) is 0 Å². The molecule has 2 rings (SSSR count). The maximum absolute atomic E-state index is 12.3. The van der Waals surface area contributed by atoms with E-state index in [0.29, 0.717) is 5.56 Å². The maximum Gasteiger partial charge on any atom is 0.335 e. The molecule has 0 amide bonds. The van der Waals surface area contributed by atoms with Crippen LogP contribution in [0, 0.1) is 5.92 Å². The molecule has 1 aliphatic rings. The van der Waals surface area contributed by atoms with Gasteiger partial charge in [-0.1, -0.05) is 51.5 Å². The van der Waals surface area contributed by atoms with E-state index in [1.54, 1.807) is 18.2 Å². The number of rotatable bonds is 8. The number of unbranched alkanes of at least 4 members (excludes halogenated alkanes) is 5. The van der Waals surface area contributed by atoms with E-state index in [1.165, 1.54) is 32.1 Å². The number of ketones is 1. The van der Waals surface area contributed by atoms with Crippen molar-refractivity contribution in [3.63, 3.8) is 0 Å². The average molecular weight is 288 g/mol. The minimum absolute atomic E-state index is 0.0650. The van der Waals surface area contributed by atoms with Gasteiger partial charge >= 0.3 is 5.97 Å². The van der Waals surface area contributed by atoms with Gasteiger partial charge in [-0.2, -0.15) is 0 Å². The minimum Gasteiger partial charge on any atom is -0.478 e. The molecule has 0 aliphatic heterocycles. The van der Waals surface area contributed by atoms with Crippen molar-refractivity contribution in [2.24, 2.45) is 5.92 Å². The maximum atomic E-state index is 12.3. The zero-order chi connectivity index (χ0) is 15.2. The Morgan fingerprint density at radius 3 is 2.62 bits per heavy atom. The second-order valence-electron chi connectivity index (χ2n) is 6.00. The van der Waals surface area contributed by atoms with Crippen LogP contribution >= 0.6 is 0 Å². The van der Waals surface area contributed by atoms with E-state index in [1.807, 2.05) is 0 Å². The van der Waals surface area contributed by atoms with Crippen LogP contribution in [0.1, 0.15) is 78.1 Å². The quantitative estimate of drug-likeness (QED) is 0.717. The molecule has 1 N–H and O–H groups in total. The number of hydrogen-bond acceptors (Lipinski definition) is 2. The fraction of sp³-hybridized carbons (Fsp3) is 0.556. The van der Waals surface area contributed by atoms with Crippen LogP contribution in [0.5, 0.6) is 0 Å². The Bertz CT molecular complexity index is 519. The fourth-order valence-electron chi connectivity index (χ4n) is 3.10. The van der Waals surface area contributed by atoms with Gasteiger partial charge in [-0.25, -0.2) is 4.79 Å². The molecule has 0 spiro atoms. The molecule has 3 nitrogen and oxygen atoms in total. The second-order valence-corrected chi connectivity index (χ2v) is 6.00. The van der Waals surface area contributed by atoms with Crippen LogP contribution in [0.2, 0.25) is 0 Å². The predicted octanol–water partition coefficient (Wildman–Crippen LogP) is 4.49. The smallest absolute Gasteiger partial charge is 0.335 e. The molecule has 3 heteroatoms. The summed E-state index contributed by atoms with van der Waals surface area (Å²) >= 11 is 0. The molecule has 0 bridgehead atoms. The Hall–Kier alpha value is -1.64. The molecule has 1 aromatic rings. The molecule has 0 fully saturated rings. The average Bonchev–Trinajstić information content (AvgIpc) is 2.79. The molecular formula is C18H24O3. The number of hydrogen-bond donors (Lipinski definition) is 1. The van der Waals surface area contributed by atoms with E-state index in [0.717, 1.165) is 24.8 Å². The van der Waals surface area contributed by atoms with E-state index in [-0.39, 0.29) is 17.3 Å². The SMILES string of the molecule is CCCCCCCCC1Cc2ccc(C(=O)O)cc2C1=O. The second kappa shape index (κ2) is 7.39. The van der Waals surface area contributed by atoms with Crippen molar-refractivity contribution in [1.29, 1.82) is 0 Å². The lowest BCUT2D eigenvalue weighted by molar-refractivity contribution is 0.0697. The number of carbonyl (C=O) groups excluding carboxylic acids is 1. The third kappa shape index (κ3) is 3.93. The van der Waals surface area contributed by atoms with Crippen molar-refractivity contribution < 1.29 is 14.7 Å². The van der Waals surface area contributed by atoms with Crippen LogP contribution in [-0.4, -0.2) is 16.9 Å². The first kappa shape index (κ1) is 15.7. The van der Waals surface area contributed by atoms with Gasteiger partial charge in [0.05, 0.1) is 5.56 Å². The molecule has 1 aromatic carbocycles. The van der Waals surface area contributed by atoms with Crippen molar-refractivity contribution in [3.05, 3.63) is 34.9 Å². The van der Waals surface area contributed by atoms with E-state index in [9.17, 15) is 9.59 Å². The van der Waals surface area contributed by atoms with E-state index in [2.05, 4.69) is 6.92 Å². The standard InChI is InChI=1S/C18H24O3/c1-2-3-4-5-6-7-8-14-11-13-9-10-15(18(20)21)12-16(13)17(14)19/h9-10,12,14H,2-8,11H2,1H3,(H,20,21). The molecule has 1 aliphatic carbocycles. The van der Waals surface area contributed by atoms with E-state index in [4.69, 9.17) is 5.11 Å². The highest BCUT2D eigenvalue weighted by Crippen LogP contribution is 2.31. The first-order valence-electron chi connectivity index (χ1n) is 8.04. The molecule has 1 unspecified atom stereocenters. The zero-order valence-electron chi connectivity index (χ0n) is 12.7. The highest BCUT2D eigenvalue weighted by Gasteiger charge is 2.30. The van der Waals surface area contributed by atoms with Gasteiger partial charge < -0.3 is 5.11 Å². The molecule has 0 saturated heterocycles. The van der Waals surface area contributed by atoms with Crippen LogP contribution in [0.25, 0.3) is 0 Å². The van der Waals surface area contributed by atoms with Gasteiger partial charge in [0.15, 0.2) is 5.78 Å². The monoisotopic (exact) mass is 288 g/mol. The number of fused-ring (bicyclic) bond motifs is 1. The van der Waals surface area contributed by atoms with Gasteiger partial charge in [-0.05, 0) is 30.5 Å². The van der Waals surface area contributed by atoms with Gasteiger partial charge in [-0.15, -0.1) is 0 Å². The van der Waals surface area contributed by atoms with E-state index < -0.39 is 5.97 Å². The van der Waals surface area contributed by atoms with Crippen molar-refractivity contribution in [3.8, 4) is 0 Å². The van der Waals surface area contributed by atoms with Crippen LogP contribution in [0.4, 0.5) is 0 Å². The highest BCUT2D eigenvalue weighted by atomic mass is 16.4. The Kier molecular flexibility index (Phi) is 5.54. The summed E-state index contributed by atoms with van der Waals surface area (Å²) in [5.41, 5.74) is 1.86. The topological polar surface area (TPSA) is 54.4 Å². The first-order chi connectivity index (χ1) is 10.1. The minimum atomic E-state index is -0.968. The third-order valence-corrected chi connectivity index (χ3v) is 4.37. The molecule has 0 aromatic heterocycles. The first-order valence-corrected chi connectivity index (χ1v) is 8.04. The van der Waals surface area contributed by atoms with Crippen LogP contribution in [-0.2, 0) is 6.42 Å². The summed E-state index contributed by atoms with van der Waals surface area (Å²) in [4.78, 5) is 23.3. The van der Waals surface area contributed by atoms with Crippen molar-refractivity contribution in [1.82, 2.24) is 0 Å². The fourth-order valence-corrected chi connectivity index (χ4v) is 3.10. The molecule has 0 heterocycles. The summed E-state index contributed by atoms with van der Waals surface area (Å²) in [5.74, 6) is -0.762.